The van der Waals surface area contributed by atoms with Crippen molar-refractivity contribution in [2.24, 2.45) is 0 Å². The first-order chi connectivity index (χ1) is 9.68. The van der Waals surface area contributed by atoms with E-state index in [-0.39, 0.29) is 5.95 Å². The van der Waals surface area contributed by atoms with Crippen molar-refractivity contribution in [1.29, 1.82) is 0 Å². The molecule has 0 aromatic carbocycles. The fraction of sp³-hybridized carbons (Fsp3) is 0.750. The van der Waals surface area contributed by atoms with Gasteiger partial charge in [-0.2, -0.15) is 0 Å². The van der Waals surface area contributed by atoms with E-state index in [1.807, 2.05) is 0 Å². The van der Waals surface area contributed by atoms with Crippen LogP contribution in [0.5, 0.6) is 0 Å². The van der Waals surface area contributed by atoms with E-state index in [4.69, 9.17) is 0 Å². The molecule has 0 saturated heterocycles. The first kappa shape index (κ1) is 17.9. The van der Waals surface area contributed by atoms with Crippen LogP contribution in [0.1, 0.15) is 59.3 Å². The third-order valence-corrected chi connectivity index (χ3v) is 19.3. The number of hydrogen-bond acceptors (Lipinski definition) is 2. The van der Waals surface area contributed by atoms with Crippen LogP contribution in [0.2, 0.25) is 13.3 Å². The standard InChI is InChI=1S/C4H2FN2.3C4H9.Sn/c5-4-1-2-6-3-7-4;3*1-3-4-2;/h1,3H;3*1,3-4H2,2H3;. The number of aromatic nitrogens is 2. The fourth-order valence-electron chi connectivity index (χ4n) is 2.93. The molecule has 0 fully saturated rings. The molecule has 0 unspecified atom stereocenters. The molecule has 0 spiro atoms. The van der Waals surface area contributed by atoms with Gasteiger partial charge in [0.15, 0.2) is 0 Å². The van der Waals surface area contributed by atoms with Gasteiger partial charge in [0.1, 0.15) is 0 Å². The average molecular weight is 387 g/mol. The Hall–Kier alpha value is -0.191. The van der Waals surface area contributed by atoms with Gasteiger partial charge in [-0.3, -0.25) is 0 Å². The van der Waals surface area contributed by atoms with Crippen molar-refractivity contribution >= 4 is 22.1 Å². The summed E-state index contributed by atoms with van der Waals surface area (Å²) < 4.78 is 18.6. The molecule has 0 aliphatic carbocycles. The predicted octanol–water partition coefficient (Wildman–Crippen LogP) is 4.67. The molecule has 0 saturated carbocycles. The molecule has 20 heavy (non-hydrogen) atoms. The Bertz CT molecular complexity index is 363. The number of hydrogen-bond donors (Lipinski definition) is 0. The molecule has 0 amide bonds. The summed E-state index contributed by atoms with van der Waals surface area (Å²) in [6.07, 6.45) is 8.93. The van der Waals surface area contributed by atoms with Gasteiger partial charge in [-0.25, -0.2) is 0 Å². The van der Waals surface area contributed by atoms with E-state index in [1.54, 1.807) is 6.07 Å². The van der Waals surface area contributed by atoms with E-state index in [0.717, 1.165) is 3.71 Å². The molecule has 0 bridgehead atoms. The molecule has 1 aromatic heterocycles. The summed E-state index contributed by atoms with van der Waals surface area (Å²) in [6.45, 7) is 6.74. The van der Waals surface area contributed by atoms with Gasteiger partial charge < -0.3 is 0 Å². The quantitative estimate of drug-likeness (QED) is 0.431. The SMILES string of the molecule is CCC[CH2][Sn]([CH2]CCC)([CH2]CCC)[c]1cc(F)ncn1. The van der Waals surface area contributed by atoms with Gasteiger partial charge in [-0.05, 0) is 0 Å². The van der Waals surface area contributed by atoms with Crippen molar-refractivity contribution in [2.45, 2.75) is 72.6 Å². The van der Waals surface area contributed by atoms with Crippen LogP contribution in [-0.4, -0.2) is 28.3 Å². The molecule has 0 radical (unpaired) electrons. The van der Waals surface area contributed by atoms with Crippen LogP contribution in [0.25, 0.3) is 0 Å². The number of nitrogens with zero attached hydrogens (tertiary/aromatic N) is 2. The molecule has 1 rings (SSSR count). The number of unbranched alkanes of at least 4 members (excludes halogenated alkanes) is 3. The third kappa shape index (κ3) is 5.30. The molecule has 1 aromatic rings. The molecule has 0 aliphatic heterocycles. The molecule has 2 nitrogen and oxygen atoms in total. The van der Waals surface area contributed by atoms with E-state index in [0.29, 0.717) is 0 Å². The number of rotatable bonds is 10. The molecular formula is C16H29FN2Sn. The maximum absolute atomic E-state index is 13.5. The molecule has 1 heterocycles. The van der Waals surface area contributed by atoms with Crippen molar-refractivity contribution in [2.75, 3.05) is 0 Å². The van der Waals surface area contributed by atoms with E-state index in [2.05, 4.69) is 30.7 Å². The minimum atomic E-state index is -2.53. The first-order valence-electron chi connectivity index (χ1n) is 8.16. The summed E-state index contributed by atoms with van der Waals surface area (Å²) >= 11 is -2.53. The van der Waals surface area contributed by atoms with E-state index in [9.17, 15) is 4.39 Å². The van der Waals surface area contributed by atoms with Gasteiger partial charge in [0.2, 0.25) is 0 Å². The predicted molar refractivity (Wildman–Crippen MR) is 86.5 cm³/mol. The Morgan fingerprint density at radius 2 is 1.40 bits per heavy atom. The zero-order valence-electron chi connectivity index (χ0n) is 13.3. The Balaban J connectivity index is 3.04. The van der Waals surface area contributed by atoms with Crippen LogP contribution in [-0.2, 0) is 0 Å². The minimum absolute atomic E-state index is 0.347. The monoisotopic (exact) mass is 388 g/mol. The summed E-state index contributed by atoms with van der Waals surface area (Å²) in [5, 5.41) is 0. The molecule has 0 N–H and O–H groups in total. The number of halogens is 1. The summed E-state index contributed by atoms with van der Waals surface area (Å²) in [4.78, 5) is 8.16. The van der Waals surface area contributed by atoms with Gasteiger partial charge in [0, 0.05) is 0 Å². The van der Waals surface area contributed by atoms with Crippen LogP contribution < -0.4 is 3.71 Å². The molecule has 4 heteroatoms. The zero-order chi connectivity index (χ0) is 14.8. The van der Waals surface area contributed by atoms with Crippen molar-refractivity contribution in [3.8, 4) is 0 Å². The fourth-order valence-corrected chi connectivity index (χ4v) is 18.2. The van der Waals surface area contributed by atoms with Crippen molar-refractivity contribution in [1.82, 2.24) is 9.97 Å². The average Bonchev–Trinajstić information content (AvgIpc) is 2.47. The van der Waals surface area contributed by atoms with Gasteiger partial charge in [-0.1, -0.05) is 0 Å². The molecule has 0 aliphatic rings. The Morgan fingerprint density at radius 1 is 0.900 bits per heavy atom. The van der Waals surface area contributed by atoms with Crippen molar-refractivity contribution < 1.29 is 4.39 Å². The Kier molecular flexibility index (Phi) is 8.65. The summed E-state index contributed by atoms with van der Waals surface area (Å²) in [7, 11) is 0. The second kappa shape index (κ2) is 9.69. The maximum atomic E-state index is 13.5. The molecule has 0 atom stereocenters. The summed E-state index contributed by atoms with van der Waals surface area (Å²) in [5.74, 6) is -0.347. The van der Waals surface area contributed by atoms with E-state index in [1.165, 1.54) is 58.2 Å². The van der Waals surface area contributed by atoms with Crippen molar-refractivity contribution in [3.05, 3.63) is 18.3 Å². The normalized spacial score (nSPS) is 11.8. The van der Waals surface area contributed by atoms with Gasteiger partial charge in [-0.15, -0.1) is 0 Å². The van der Waals surface area contributed by atoms with Crippen LogP contribution in [0.4, 0.5) is 4.39 Å². The van der Waals surface area contributed by atoms with Crippen LogP contribution >= 0.6 is 0 Å². The van der Waals surface area contributed by atoms with Crippen LogP contribution in [0, 0.1) is 5.95 Å². The molecule has 114 valence electrons. The van der Waals surface area contributed by atoms with Gasteiger partial charge in [0.05, 0.1) is 0 Å². The van der Waals surface area contributed by atoms with E-state index < -0.39 is 18.4 Å². The Morgan fingerprint density at radius 3 is 1.80 bits per heavy atom. The second-order valence-electron chi connectivity index (χ2n) is 5.82. The van der Waals surface area contributed by atoms with Crippen molar-refractivity contribution in [3.63, 3.8) is 0 Å². The third-order valence-electron chi connectivity index (χ3n) is 4.20. The topological polar surface area (TPSA) is 25.8 Å². The first-order valence-corrected chi connectivity index (χ1v) is 15.6. The zero-order valence-corrected chi connectivity index (χ0v) is 16.1. The summed E-state index contributed by atoms with van der Waals surface area (Å²) in [5.41, 5.74) is 0. The van der Waals surface area contributed by atoms with Crippen LogP contribution in [0.3, 0.4) is 0 Å². The van der Waals surface area contributed by atoms with Crippen LogP contribution in [0.15, 0.2) is 12.4 Å². The molecular weight excluding hydrogens is 358 g/mol. The van der Waals surface area contributed by atoms with Gasteiger partial charge in [0.25, 0.3) is 0 Å². The second-order valence-corrected chi connectivity index (χ2v) is 18.9. The van der Waals surface area contributed by atoms with Gasteiger partial charge >= 0.3 is 127 Å². The summed E-state index contributed by atoms with van der Waals surface area (Å²) in [6, 6.07) is 1.65. The Labute approximate surface area is 127 Å². The van der Waals surface area contributed by atoms with E-state index >= 15 is 0 Å².